The number of benzene rings is 1. The zero-order valence-electron chi connectivity index (χ0n) is 7.95. The topological polar surface area (TPSA) is 27.1 Å². The van der Waals surface area contributed by atoms with Crippen LogP contribution in [0.4, 0.5) is 4.39 Å². The van der Waals surface area contributed by atoms with E-state index in [1.807, 2.05) is 0 Å². The first kappa shape index (κ1) is 10.2. The number of nitrogens with zero attached hydrogens (tertiary/aromatic N) is 2. The van der Waals surface area contributed by atoms with Crippen LogP contribution in [0.5, 0.6) is 6.01 Å². The molecular formula is C10H8BrFN2O. The average molecular weight is 271 g/mol. The fourth-order valence-corrected chi connectivity index (χ4v) is 1.62. The molecule has 2 aromatic rings. The third kappa shape index (κ3) is 2.02. The summed E-state index contributed by atoms with van der Waals surface area (Å²) in [5.74, 6) is -0.267. The van der Waals surface area contributed by atoms with Crippen LogP contribution in [0.25, 0.3) is 5.69 Å². The molecule has 1 aromatic heterocycles. The molecule has 15 heavy (non-hydrogen) atoms. The van der Waals surface area contributed by atoms with Crippen LogP contribution in [0.1, 0.15) is 0 Å². The van der Waals surface area contributed by atoms with Gasteiger partial charge < -0.3 is 4.74 Å². The van der Waals surface area contributed by atoms with E-state index in [0.717, 1.165) is 5.69 Å². The summed E-state index contributed by atoms with van der Waals surface area (Å²) in [6.07, 6.45) is 1.76. The second kappa shape index (κ2) is 4.02. The van der Waals surface area contributed by atoms with Crippen molar-refractivity contribution in [2.45, 2.75) is 0 Å². The molecule has 0 fully saturated rings. The van der Waals surface area contributed by atoms with Gasteiger partial charge in [0, 0.05) is 6.20 Å². The Balaban J connectivity index is 2.48. The third-order valence-corrected chi connectivity index (χ3v) is 2.31. The number of hydrogen-bond acceptors (Lipinski definition) is 2. The van der Waals surface area contributed by atoms with Crippen LogP contribution in [-0.4, -0.2) is 16.7 Å². The second-order valence-electron chi connectivity index (χ2n) is 2.90. The number of hydrogen-bond donors (Lipinski definition) is 0. The van der Waals surface area contributed by atoms with E-state index < -0.39 is 0 Å². The van der Waals surface area contributed by atoms with Gasteiger partial charge in [0.1, 0.15) is 10.4 Å². The molecule has 0 unspecified atom stereocenters. The number of imidazole rings is 1. The lowest BCUT2D eigenvalue weighted by molar-refractivity contribution is 0.373. The van der Waals surface area contributed by atoms with Crippen molar-refractivity contribution in [2.24, 2.45) is 0 Å². The Morgan fingerprint density at radius 1 is 1.33 bits per heavy atom. The van der Waals surface area contributed by atoms with Crippen molar-refractivity contribution < 1.29 is 9.13 Å². The van der Waals surface area contributed by atoms with Gasteiger partial charge in [0.25, 0.3) is 0 Å². The van der Waals surface area contributed by atoms with Crippen molar-refractivity contribution in [3.05, 3.63) is 40.9 Å². The van der Waals surface area contributed by atoms with Crippen LogP contribution in [-0.2, 0) is 0 Å². The molecule has 0 saturated heterocycles. The first-order valence-corrected chi connectivity index (χ1v) is 5.05. The SMILES string of the molecule is COc1nc(Br)cn1-c1ccc(F)cc1. The van der Waals surface area contributed by atoms with E-state index in [4.69, 9.17) is 4.74 Å². The highest BCUT2D eigenvalue weighted by Gasteiger charge is 2.07. The molecule has 0 aliphatic rings. The fraction of sp³-hybridized carbons (Fsp3) is 0.100. The Labute approximate surface area is 94.6 Å². The van der Waals surface area contributed by atoms with Crippen molar-refractivity contribution in [1.82, 2.24) is 9.55 Å². The average Bonchev–Trinajstić information content (AvgIpc) is 2.61. The predicted molar refractivity (Wildman–Crippen MR) is 57.8 cm³/mol. The van der Waals surface area contributed by atoms with Crippen LogP contribution >= 0.6 is 15.9 Å². The summed E-state index contributed by atoms with van der Waals surface area (Å²) in [7, 11) is 1.54. The third-order valence-electron chi connectivity index (χ3n) is 1.93. The van der Waals surface area contributed by atoms with Crippen molar-refractivity contribution >= 4 is 15.9 Å². The van der Waals surface area contributed by atoms with Crippen LogP contribution in [0.15, 0.2) is 35.1 Å². The zero-order valence-corrected chi connectivity index (χ0v) is 9.53. The van der Waals surface area contributed by atoms with E-state index in [1.54, 1.807) is 22.9 Å². The number of halogens is 2. The van der Waals surface area contributed by atoms with Gasteiger partial charge in [-0.3, -0.25) is 4.57 Å². The quantitative estimate of drug-likeness (QED) is 0.839. The largest absolute Gasteiger partial charge is 0.468 e. The molecule has 0 aliphatic heterocycles. The lowest BCUT2D eigenvalue weighted by Crippen LogP contribution is -1.97. The monoisotopic (exact) mass is 270 g/mol. The van der Waals surface area contributed by atoms with Gasteiger partial charge in [-0.1, -0.05) is 0 Å². The summed E-state index contributed by atoms with van der Waals surface area (Å²) in [4.78, 5) is 4.09. The Morgan fingerprint density at radius 3 is 2.60 bits per heavy atom. The zero-order chi connectivity index (χ0) is 10.8. The smallest absolute Gasteiger partial charge is 0.301 e. The summed E-state index contributed by atoms with van der Waals surface area (Å²) >= 11 is 3.25. The van der Waals surface area contributed by atoms with Gasteiger partial charge >= 0.3 is 6.01 Å². The summed E-state index contributed by atoms with van der Waals surface area (Å²) in [5, 5.41) is 0. The second-order valence-corrected chi connectivity index (χ2v) is 3.71. The van der Waals surface area contributed by atoms with Crippen molar-refractivity contribution in [1.29, 1.82) is 0 Å². The Bertz CT molecular complexity index is 467. The summed E-state index contributed by atoms with van der Waals surface area (Å²) in [6.45, 7) is 0. The standard InChI is InChI=1S/C10H8BrFN2O/c1-15-10-13-9(11)6-14(10)8-4-2-7(12)3-5-8/h2-6H,1H3. The molecule has 0 atom stereocenters. The number of aromatic nitrogens is 2. The molecule has 1 heterocycles. The van der Waals surface area contributed by atoms with E-state index >= 15 is 0 Å². The first-order chi connectivity index (χ1) is 7.20. The lowest BCUT2D eigenvalue weighted by atomic mass is 10.3. The first-order valence-electron chi connectivity index (χ1n) is 4.25. The van der Waals surface area contributed by atoms with E-state index in [2.05, 4.69) is 20.9 Å². The van der Waals surface area contributed by atoms with Gasteiger partial charge in [-0.05, 0) is 40.2 Å². The summed E-state index contributed by atoms with van der Waals surface area (Å²) in [6, 6.07) is 6.55. The van der Waals surface area contributed by atoms with E-state index in [9.17, 15) is 4.39 Å². The predicted octanol–water partition coefficient (Wildman–Crippen LogP) is 2.78. The van der Waals surface area contributed by atoms with Gasteiger partial charge in [-0.2, -0.15) is 4.98 Å². The minimum absolute atomic E-state index is 0.267. The number of methoxy groups -OCH3 is 1. The maximum Gasteiger partial charge on any atom is 0.301 e. The van der Waals surface area contributed by atoms with Crippen LogP contribution in [0.3, 0.4) is 0 Å². The minimum atomic E-state index is -0.267. The lowest BCUT2D eigenvalue weighted by Gasteiger charge is -2.05. The Morgan fingerprint density at radius 2 is 2.00 bits per heavy atom. The summed E-state index contributed by atoms with van der Waals surface area (Å²) in [5.41, 5.74) is 0.798. The Kier molecular flexibility index (Phi) is 2.73. The maximum absolute atomic E-state index is 12.7. The van der Waals surface area contributed by atoms with Crippen LogP contribution in [0.2, 0.25) is 0 Å². The molecular weight excluding hydrogens is 263 g/mol. The molecule has 0 aliphatic carbocycles. The molecule has 0 saturated carbocycles. The van der Waals surface area contributed by atoms with Crippen molar-refractivity contribution in [3.63, 3.8) is 0 Å². The van der Waals surface area contributed by atoms with E-state index in [0.29, 0.717) is 10.6 Å². The molecule has 2 rings (SSSR count). The minimum Gasteiger partial charge on any atom is -0.468 e. The molecule has 3 nitrogen and oxygen atoms in total. The molecule has 0 amide bonds. The van der Waals surface area contributed by atoms with E-state index in [1.165, 1.54) is 19.2 Å². The highest BCUT2D eigenvalue weighted by molar-refractivity contribution is 9.10. The molecule has 5 heteroatoms. The van der Waals surface area contributed by atoms with Gasteiger partial charge in [-0.25, -0.2) is 4.39 Å². The molecule has 0 N–H and O–H groups in total. The number of ether oxygens (including phenoxy) is 1. The van der Waals surface area contributed by atoms with Crippen molar-refractivity contribution in [3.8, 4) is 11.7 Å². The molecule has 1 aromatic carbocycles. The Hall–Kier alpha value is -1.36. The van der Waals surface area contributed by atoms with Gasteiger partial charge in [0.2, 0.25) is 0 Å². The molecule has 0 spiro atoms. The van der Waals surface area contributed by atoms with E-state index in [-0.39, 0.29) is 5.82 Å². The van der Waals surface area contributed by atoms with Gasteiger partial charge in [-0.15, -0.1) is 0 Å². The highest BCUT2D eigenvalue weighted by atomic mass is 79.9. The van der Waals surface area contributed by atoms with Crippen LogP contribution < -0.4 is 4.74 Å². The fourth-order valence-electron chi connectivity index (χ4n) is 1.27. The highest BCUT2D eigenvalue weighted by Crippen LogP contribution is 2.21. The normalized spacial score (nSPS) is 10.3. The van der Waals surface area contributed by atoms with Crippen LogP contribution in [0, 0.1) is 5.82 Å². The summed E-state index contributed by atoms with van der Waals surface area (Å²) < 4.78 is 20.2. The van der Waals surface area contributed by atoms with Gasteiger partial charge in [0.05, 0.1) is 12.8 Å². The molecule has 0 radical (unpaired) electrons. The van der Waals surface area contributed by atoms with Gasteiger partial charge in [0.15, 0.2) is 0 Å². The number of rotatable bonds is 2. The molecule has 0 bridgehead atoms. The maximum atomic E-state index is 12.7. The molecule has 78 valence electrons. The van der Waals surface area contributed by atoms with Crippen molar-refractivity contribution in [2.75, 3.05) is 7.11 Å².